The summed E-state index contributed by atoms with van der Waals surface area (Å²) in [6.45, 7) is 0. The molecule has 59 heavy (non-hydrogen) atoms. The highest BCUT2D eigenvalue weighted by Gasteiger charge is 2.24. The Balaban J connectivity index is 0.970. The van der Waals surface area contributed by atoms with E-state index in [0.29, 0.717) is 0 Å². The molecule has 0 nitrogen and oxygen atoms in total. The molecule has 0 saturated carbocycles. The van der Waals surface area contributed by atoms with E-state index in [2.05, 4.69) is 206 Å². The summed E-state index contributed by atoms with van der Waals surface area (Å²) >= 11 is 1.92. The van der Waals surface area contributed by atoms with E-state index in [0.717, 1.165) is 0 Å². The number of thiophene rings is 1. The average Bonchev–Trinajstić information content (AvgIpc) is 3.83. The van der Waals surface area contributed by atoms with E-state index < -0.39 is 0 Å². The summed E-state index contributed by atoms with van der Waals surface area (Å²) in [6.07, 6.45) is 0. The topological polar surface area (TPSA) is 0 Å². The fourth-order valence-electron chi connectivity index (χ4n) is 10.2. The largest absolute Gasteiger partial charge is 0.135 e. The van der Waals surface area contributed by atoms with Crippen molar-refractivity contribution in [2.75, 3.05) is 0 Å². The maximum Gasteiger partial charge on any atom is 0.0434 e. The van der Waals surface area contributed by atoms with Gasteiger partial charge in [0.25, 0.3) is 0 Å². The summed E-state index contributed by atoms with van der Waals surface area (Å²) in [6, 6.07) is 76.9. The zero-order chi connectivity index (χ0) is 38.6. The molecule has 1 heterocycles. The lowest BCUT2D eigenvalue weighted by atomic mass is 9.85. The van der Waals surface area contributed by atoms with Gasteiger partial charge in [-0.3, -0.25) is 0 Å². The van der Waals surface area contributed by atoms with Crippen LogP contribution in [0.4, 0.5) is 0 Å². The molecule has 12 aromatic rings. The summed E-state index contributed by atoms with van der Waals surface area (Å²) in [5.74, 6) is 0. The first-order valence-corrected chi connectivity index (χ1v) is 21.2. The highest BCUT2D eigenvalue weighted by molar-refractivity contribution is 7.26. The second-order valence-electron chi connectivity index (χ2n) is 15.9. The van der Waals surface area contributed by atoms with Gasteiger partial charge in [-0.15, -0.1) is 11.3 Å². The van der Waals surface area contributed by atoms with Crippen LogP contribution in [-0.2, 0) is 0 Å². The molecule has 1 heteroatoms. The van der Waals surface area contributed by atoms with Crippen molar-refractivity contribution in [1.82, 2.24) is 0 Å². The second-order valence-corrected chi connectivity index (χ2v) is 16.9. The van der Waals surface area contributed by atoms with Crippen molar-refractivity contribution in [3.8, 4) is 66.8 Å². The first kappa shape index (κ1) is 32.7. The third kappa shape index (κ3) is 4.77. The summed E-state index contributed by atoms with van der Waals surface area (Å²) in [7, 11) is 0. The van der Waals surface area contributed by atoms with Gasteiger partial charge in [-0.25, -0.2) is 0 Å². The molecule has 1 aliphatic carbocycles. The van der Waals surface area contributed by atoms with E-state index in [1.54, 1.807) is 0 Å². The molecule has 0 unspecified atom stereocenters. The molecule has 0 amide bonds. The smallest absolute Gasteiger partial charge is 0.0434 e. The molecule has 0 N–H and O–H groups in total. The molecule has 0 aliphatic heterocycles. The van der Waals surface area contributed by atoms with Crippen LogP contribution in [-0.4, -0.2) is 0 Å². The van der Waals surface area contributed by atoms with Crippen LogP contribution in [0.15, 0.2) is 206 Å². The predicted molar refractivity (Wildman–Crippen MR) is 256 cm³/mol. The number of benzene rings is 11. The quantitative estimate of drug-likeness (QED) is 0.157. The summed E-state index contributed by atoms with van der Waals surface area (Å²) < 4.78 is 2.67. The predicted octanol–water partition coefficient (Wildman–Crippen LogP) is 17.0. The number of rotatable bonds is 4. The van der Waals surface area contributed by atoms with Crippen molar-refractivity contribution in [1.29, 1.82) is 0 Å². The Hall–Kier alpha value is -7.32. The maximum atomic E-state index is 2.38. The van der Waals surface area contributed by atoms with E-state index in [1.165, 1.54) is 130 Å². The Morgan fingerprint density at radius 3 is 1.39 bits per heavy atom. The molecule has 1 aromatic heterocycles. The first-order chi connectivity index (χ1) is 29.3. The zero-order valence-electron chi connectivity index (χ0n) is 32.0. The van der Waals surface area contributed by atoms with Crippen LogP contribution in [0.5, 0.6) is 0 Å². The molecule has 0 fully saturated rings. The van der Waals surface area contributed by atoms with E-state index >= 15 is 0 Å². The minimum Gasteiger partial charge on any atom is -0.135 e. The van der Waals surface area contributed by atoms with Crippen molar-refractivity contribution in [3.63, 3.8) is 0 Å². The Morgan fingerprint density at radius 1 is 0.254 bits per heavy atom. The SMILES string of the molecule is c1ccc(-c2ccc3c4c(cccc24)-c2ccccc2-3)c(-c2ccc(-c3c4ccccc4c(-c4cccc5c4sc4cc6ccccc6cc45)c4ccccc34)cc2)c1. The third-order valence-corrected chi connectivity index (χ3v) is 14.0. The van der Waals surface area contributed by atoms with Crippen LogP contribution >= 0.6 is 11.3 Å². The number of hydrogen-bond donors (Lipinski definition) is 0. The molecule has 0 atom stereocenters. The van der Waals surface area contributed by atoms with E-state index in [9.17, 15) is 0 Å². The highest BCUT2D eigenvalue weighted by Crippen LogP contribution is 2.51. The Morgan fingerprint density at radius 2 is 0.712 bits per heavy atom. The molecule has 13 rings (SSSR count). The van der Waals surface area contributed by atoms with Crippen molar-refractivity contribution in [2.45, 2.75) is 0 Å². The second kappa shape index (κ2) is 12.6. The molecular formula is C58H34S. The van der Waals surface area contributed by atoms with Crippen molar-refractivity contribution < 1.29 is 0 Å². The zero-order valence-corrected chi connectivity index (χ0v) is 32.9. The molecule has 0 bridgehead atoms. The van der Waals surface area contributed by atoms with E-state index in [-0.39, 0.29) is 0 Å². The van der Waals surface area contributed by atoms with Gasteiger partial charge in [-0.2, -0.15) is 0 Å². The van der Waals surface area contributed by atoms with Crippen molar-refractivity contribution in [3.05, 3.63) is 206 Å². The van der Waals surface area contributed by atoms with Crippen LogP contribution in [0, 0.1) is 0 Å². The average molecular weight is 763 g/mol. The van der Waals surface area contributed by atoms with Crippen LogP contribution in [0.3, 0.4) is 0 Å². The van der Waals surface area contributed by atoms with Gasteiger partial charge < -0.3 is 0 Å². The number of hydrogen-bond acceptors (Lipinski definition) is 1. The lowest BCUT2D eigenvalue weighted by Crippen LogP contribution is -1.91. The van der Waals surface area contributed by atoms with Gasteiger partial charge in [0.05, 0.1) is 0 Å². The first-order valence-electron chi connectivity index (χ1n) is 20.4. The van der Waals surface area contributed by atoms with Gasteiger partial charge in [0.2, 0.25) is 0 Å². The minimum atomic E-state index is 1.21. The fraction of sp³-hybridized carbons (Fsp3) is 0. The number of fused-ring (bicyclic) bond motifs is 9. The monoisotopic (exact) mass is 762 g/mol. The Kier molecular flexibility index (Phi) is 6.98. The summed E-state index contributed by atoms with van der Waals surface area (Å²) in [4.78, 5) is 0. The van der Waals surface area contributed by atoms with Crippen molar-refractivity contribution in [2.24, 2.45) is 0 Å². The van der Waals surface area contributed by atoms with Gasteiger partial charge in [-0.1, -0.05) is 194 Å². The molecular weight excluding hydrogens is 729 g/mol. The normalized spacial score (nSPS) is 12.1. The molecule has 272 valence electrons. The third-order valence-electron chi connectivity index (χ3n) is 12.8. The molecule has 11 aromatic carbocycles. The van der Waals surface area contributed by atoms with Gasteiger partial charge in [0.1, 0.15) is 0 Å². The van der Waals surface area contributed by atoms with Gasteiger partial charge >= 0.3 is 0 Å². The van der Waals surface area contributed by atoms with Crippen LogP contribution in [0.2, 0.25) is 0 Å². The van der Waals surface area contributed by atoms with Crippen molar-refractivity contribution >= 4 is 74.6 Å². The Labute approximate surface area is 345 Å². The van der Waals surface area contributed by atoms with Crippen LogP contribution < -0.4 is 0 Å². The van der Waals surface area contributed by atoms with Gasteiger partial charge in [-0.05, 0) is 116 Å². The fourth-order valence-corrected chi connectivity index (χ4v) is 11.5. The highest BCUT2D eigenvalue weighted by atomic mass is 32.1. The molecule has 0 saturated heterocycles. The Bertz CT molecular complexity index is 3630. The minimum absolute atomic E-state index is 1.21. The molecule has 1 aliphatic rings. The standard InChI is InChI=1S/C58H34S/c1-2-14-38-34-54-53(33-37(38)13-1)51-25-12-26-52(58(51)59-54)57-48-21-9-7-19-46(48)55(47-20-8-10-22-49(47)57)36-29-27-35(28-30-36)39-15-3-4-16-40(39)43-31-32-50-42-18-6-5-17-41(42)44-23-11-24-45(43)56(44)50/h1-34H. The molecule has 0 radical (unpaired) electrons. The van der Waals surface area contributed by atoms with E-state index in [1.807, 2.05) is 11.3 Å². The molecule has 0 spiro atoms. The summed E-state index contributed by atoms with van der Waals surface area (Å²) in [5, 5.41) is 13.0. The van der Waals surface area contributed by atoms with Crippen LogP contribution in [0.1, 0.15) is 0 Å². The maximum absolute atomic E-state index is 2.38. The lowest BCUT2D eigenvalue weighted by molar-refractivity contribution is 1.59. The van der Waals surface area contributed by atoms with Gasteiger partial charge in [0.15, 0.2) is 0 Å². The summed E-state index contributed by atoms with van der Waals surface area (Å²) in [5.41, 5.74) is 15.4. The lowest BCUT2D eigenvalue weighted by Gasteiger charge is -2.18. The van der Waals surface area contributed by atoms with Gasteiger partial charge in [0, 0.05) is 25.7 Å². The van der Waals surface area contributed by atoms with Crippen LogP contribution in [0.25, 0.3) is 130 Å². The van der Waals surface area contributed by atoms with E-state index in [4.69, 9.17) is 0 Å².